The van der Waals surface area contributed by atoms with Crippen LogP contribution in [0.1, 0.15) is 50.4 Å². The molecule has 0 saturated carbocycles. The van der Waals surface area contributed by atoms with Gasteiger partial charge >= 0.3 is 0 Å². The second-order valence-electron chi connectivity index (χ2n) is 6.11. The first-order valence-corrected chi connectivity index (χ1v) is 9.25. The summed E-state index contributed by atoms with van der Waals surface area (Å²) in [6, 6.07) is 5.40. The standard InChI is InChI=1S/C18H19N3O4S/c1-19-17(23)15-13-5-3-2-4-6-14(13)26-18(15)20-16(22)11-7-9-12(10-8-11)21(24)25/h7-10H,2-6H2,1H3,(H,19,23)(H,20,22). The summed E-state index contributed by atoms with van der Waals surface area (Å²) in [7, 11) is 1.57. The Morgan fingerprint density at radius 3 is 2.42 bits per heavy atom. The molecule has 2 aromatic rings. The third-order valence-corrected chi connectivity index (χ3v) is 5.65. The van der Waals surface area contributed by atoms with Crippen molar-refractivity contribution in [1.29, 1.82) is 0 Å². The van der Waals surface area contributed by atoms with Crippen LogP contribution in [0.4, 0.5) is 10.7 Å². The Labute approximate surface area is 154 Å². The Balaban J connectivity index is 1.90. The Kier molecular flexibility index (Phi) is 5.32. The molecule has 0 aliphatic heterocycles. The van der Waals surface area contributed by atoms with E-state index in [9.17, 15) is 19.7 Å². The highest BCUT2D eigenvalue weighted by Crippen LogP contribution is 2.37. The van der Waals surface area contributed by atoms with Crippen LogP contribution in [0.15, 0.2) is 24.3 Å². The lowest BCUT2D eigenvalue weighted by atomic mass is 10.0. The van der Waals surface area contributed by atoms with Gasteiger partial charge in [0.05, 0.1) is 10.5 Å². The first kappa shape index (κ1) is 18.1. The summed E-state index contributed by atoms with van der Waals surface area (Å²) < 4.78 is 0. The van der Waals surface area contributed by atoms with Crippen LogP contribution in [-0.2, 0) is 12.8 Å². The van der Waals surface area contributed by atoms with Gasteiger partial charge in [0, 0.05) is 29.6 Å². The summed E-state index contributed by atoms with van der Waals surface area (Å²) >= 11 is 1.45. The zero-order valence-corrected chi connectivity index (χ0v) is 15.1. The number of rotatable bonds is 4. The predicted octanol–water partition coefficient (Wildman–Crippen LogP) is 3.54. The molecule has 7 nitrogen and oxygen atoms in total. The third kappa shape index (κ3) is 3.60. The molecule has 1 heterocycles. The maximum atomic E-state index is 12.5. The summed E-state index contributed by atoms with van der Waals surface area (Å²) in [5, 5.41) is 16.7. The summed E-state index contributed by atoms with van der Waals surface area (Å²) in [4.78, 5) is 36.3. The zero-order valence-electron chi connectivity index (χ0n) is 14.3. The molecule has 2 amide bonds. The van der Waals surface area contributed by atoms with E-state index in [1.807, 2.05) is 0 Å². The molecule has 3 rings (SSSR count). The smallest absolute Gasteiger partial charge is 0.269 e. The van der Waals surface area contributed by atoms with Crippen LogP contribution in [-0.4, -0.2) is 23.8 Å². The molecule has 0 spiro atoms. The zero-order chi connectivity index (χ0) is 18.7. The van der Waals surface area contributed by atoms with Crippen LogP contribution in [0, 0.1) is 10.1 Å². The number of amides is 2. The van der Waals surface area contributed by atoms with Gasteiger partial charge in [-0.2, -0.15) is 0 Å². The number of aryl methyl sites for hydroxylation is 1. The molecule has 1 aliphatic rings. The number of benzene rings is 1. The molecule has 1 aromatic carbocycles. The fourth-order valence-electron chi connectivity index (χ4n) is 3.11. The van der Waals surface area contributed by atoms with Crippen LogP contribution in [0.2, 0.25) is 0 Å². The molecule has 0 saturated heterocycles. The average molecular weight is 373 g/mol. The van der Waals surface area contributed by atoms with E-state index >= 15 is 0 Å². The highest BCUT2D eigenvalue weighted by Gasteiger charge is 2.25. The molecular weight excluding hydrogens is 354 g/mol. The summed E-state index contributed by atoms with van der Waals surface area (Å²) in [6.07, 6.45) is 5.00. The van der Waals surface area contributed by atoms with Gasteiger partial charge in [0.15, 0.2) is 0 Å². The Morgan fingerprint density at radius 1 is 1.08 bits per heavy atom. The van der Waals surface area contributed by atoms with E-state index in [0.29, 0.717) is 16.1 Å². The van der Waals surface area contributed by atoms with Gasteiger partial charge in [-0.1, -0.05) is 6.42 Å². The minimum absolute atomic E-state index is 0.0737. The van der Waals surface area contributed by atoms with Gasteiger partial charge in [0.25, 0.3) is 17.5 Å². The first-order valence-electron chi connectivity index (χ1n) is 8.43. The SMILES string of the molecule is CNC(=O)c1c(NC(=O)c2ccc([N+](=O)[O-])cc2)sc2c1CCCCC2. The quantitative estimate of drug-likeness (QED) is 0.486. The number of thiophene rings is 1. The first-order chi connectivity index (χ1) is 12.5. The molecule has 0 unspecified atom stereocenters. The van der Waals surface area contributed by atoms with Gasteiger partial charge in [-0.3, -0.25) is 19.7 Å². The minimum Gasteiger partial charge on any atom is -0.355 e. The van der Waals surface area contributed by atoms with E-state index in [1.54, 1.807) is 7.05 Å². The summed E-state index contributed by atoms with van der Waals surface area (Å²) in [5.74, 6) is -0.593. The van der Waals surface area contributed by atoms with Crippen molar-refractivity contribution in [2.45, 2.75) is 32.1 Å². The number of hydrogen-bond donors (Lipinski definition) is 2. The van der Waals surface area contributed by atoms with Crippen molar-refractivity contribution in [3.63, 3.8) is 0 Å². The molecule has 0 fully saturated rings. The monoisotopic (exact) mass is 373 g/mol. The Hall–Kier alpha value is -2.74. The van der Waals surface area contributed by atoms with E-state index in [0.717, 1.165) is 42.5 Å². The average Bonchev–Trinajstić information content (AvgIpc) is 2.81. The molecule has 0 atom stereocenters. The lowest BCUT2D eigenvalue weighted by molar-refractivity contribution is -0.384. The molecule has 136 valence electrons. The topological polar surface area (TPSA) is 101 Å². The number of carbonyl (C=O) groups excluding carboxylic acids is 2. The number of nitro groups is 1. The van der Waals surface area contributed by atoms with Gasteiger partial charge in [0.2, 0.25) is 0 Å². The number of hydrogen-bond acceptors (Lipinski definition) is 5. The number of anilines is 1. The second kappa shape index (κ2) is 7.65. The van der Waals surface area contributed by atoms with Crippen LogP contribution >= 0.6 is 11.3 Å². The van der Waals surface area contributed by atoms with E-state index in [2.05, 4.69) is 10.6 Å². The van der Waals surface area contributed by atoms with Gasteiger partial charge in [0.1, 0.15) is 5.00 Å². The van der Waals surface area contributed by atoms with Crippen molar-refractivity contribution in [3.8, 4) is 0 Å². The van der Waals surface area contributed by atoms with E-state index in [4.69, 9.17) is 0 Å². The predicted molar refractivity (Wildman–Crippen MR) is 100 cm³/mol. The molecule has 1 aromatic heterocycles. The van der Waals surface area contributed by atoms with Crippen molar-refractivity contribution >= 4 is 33.8 Å². The van der Waals surface area contributed by atoms with Crippen molar-refractivity contribution < 1.29 is 14.5 Å². The lowest BCUT2D eigenvalue weighted by Gasteiger charge is -2.08. The third-order valence-electron chi connectivity index (χ3n) is 4.44. The number of carbonyl (C=O) groups is 2. The molecule has 26 heavy (non-hydrogen) atoms. The summed E-state index contributed by atoms with van der Waals surface area (Å²) in [6.45, 7) is 0. The maximum Gasteiger partial charge on any atom is 0.269 e. The van der Waals surface area contributed by atoms with Gasteiger partial charge < -0.3 is 10.6 Å². The van der Waals surface area contributed by atoms with Crippen molar-refractivity contribution in [2.75, 3.05) is 12.4 Å². The highest BCUT2D eigenvalue weighted by atomic mass is 32.1. The van der Waals surface area contributed by atoms with Crippen LogP contribution in [0.3, 0.4) is 0 Å². The number of nitro benzene ring substituents is 1. The molecule has 0 bridgehead atoms. The molecule has 0 radical (unpaired) electrons. The largest absolute Gasteiger partial charge is 0.355 e. The number of nitrogens with zero attached hydrogens (tertiary/aromatic N) is 1. The Morgan fingerprint density at radius 2 is 1.77 bits per heavy atom. The molecule has 1 aliphatic carbocycles. The van der Waals surface area contributed by atoms with Gasteiger partial charge in [-0.25, -0.2) is 0 Å². The van der Waals surface area contributed by atoms with E-state index in [1.165, 1.54) is 35.6 Å². The van der Waals surface area contributed by atoms with Crippen molar-refractivity contribution in [2.24, 2.45) is 0 Å². The van der Waals surface area contributed by atoms with Crippen LogP contribution in [0.25, 0.3) is 0 Å². The van der Waals surface area contributed by atoms with Gasteiger partial charge in [-0.05, 0) is 43.4 Å². The number of fused-ring (bicyclic) bond motifs is 1. The molecule has 8 heteroatoms. The normalized spacial score (nSPS) is 13.4. The fourth-order valence-corrected chi connectivity index (χ4v) is 4.39. The van der Waals surface area contributed by atoms with Crippen molar-refractivity contribution in [1.82, 2.24) is 5.32 Å². The molecule has 2 N–H and O–H groups in total. The highest BCUT2D eigenvalue weighted by molar-refractivity contribution is 7.17. The van der Waals surface area contributed by atoms with Crippen LogP contribution < -0.4 is 10.6 Å². The summed E-state index contributed by atoms with van der Waals surface area (Å²) in [5.41, 5.74) is 1.81. The minimum atomic E-state index is -0.512. The lowest BCUT2D eigenvalue weighted by Crippen LogP contribution is -2.21. The second-order valence-corrected chi connectivity index (χ2v) is 7.21. The number of nitrogens with one attached hydrogen (secondary N) is 2. The Bertz CT molecular complexity index is 858. The van der Waals surface area contributed by atoms with E-state index in [-0.39, 0.29) is 17.5 Å². The molecular formula is C18H19N3O4S. The van der Waals surface area contributed by atoms with Gasteiger partial charge in [-0.15, -0.1) is 11.3 Å². The number of non-ortho nitro benzene ring substituents is 1. The fraction of sp³-hybridized carbons (Fsp3) is 0.333. The maximum absolute atomic E-state index is 12.5. The van der Waals surface area contributed by atoms with E-state index < -0.39 is 4.92 Å². The van der Waals surface area contributed by atoms with Crippen LogP contribution in [0.5, 0.6) is 0 Å². The van der Waals surface area contributed by atoms with Crippen molar-refractivity contribution in [3.05, 3.63) is 55.9 Å².